The number of aromatic nitrogens is 1. The second-order valence-corrected chi connectivity index (χ2v) is 14.1. The smallest absolute Gasteiger partial charge is 0.345 e. The Bertz CT molecular complexity index is 1450. The minimum absolute atomic E-state index is 0.0816. The van der Waals surface area contributed by atoms with Crippen molar-refractivity contribution < 1.29 is 33.3 Å². The summed E-state index contributed by atoms with van der Waals surface area (Å²) in [5, 5.41) is 12.2. The first-order chi connectivity index (χ1) is 20.4. The minimum atomic E-state index is -1.22. The molecule has 3 aliphatic carbocycles. The molecule has 9 heteroatoms. The highest BCUT2D eigenvalue weighted by Crippen LogP contribution is 2.68. The third kappa shape index (κ3) is 4.78. The molecule has 1 aliphatic heterocycles. The van der Waals surface area contributed by atoms with Crippen LogP contribution in [-0.2, 0) is 19.1 Å². The fourth-order valence-electron chi connectivity index (χ4n) is 9.10. The van der Waals surface area contributed by atoms with Crippen LogP contribution in [0.3, 0.4) is 0 Å². The van der Waals surface area contributed by atoms with Crippen LogP contribution in [0.25, 0.3) is 11.3 Å². The summed E-state index contributed by atoms with van der Waals surface area (Å²) in [6.07, 6.45) is 7.02. The molecule has 2 unspecified atom stereocenters. The lowest BCUT2D eigenvalue weighted by Gasteiger charge is -2.66. The van der Waals surface area contributed by atoms with E-state index in [0.717, 1.165) is 38.5 Å². The molecule has 0 radical (unpaired) electrons. The maximum atomic E-state index is 13.5. The van der Waals surface area contributed by atoms with Gasteiger partial charge in [-0.1, -0.05) is 33.6 Å². The van der Waals surface area contributed by atoms with Crippen LogP contribution in [0.5, 0.6) is 5.75 Å². The topological polar surface area (TPSA) is 125 Å². The Morgan fingerprint density at radius 2 is 1.91 bits per heavy atom. The van der Waals surface area contributed by atoms with Crippen molar-refractivity contribution in [1.29, 1.82) is 0 Å². The molecule has 1 N–H and O–H groups in total. The first-order valence-electron chi connectivity index (χ1n) is 15.7. The largest absolute Gasteiger partial charge is 0.482 e. The summed E-state index contributed by atoms with van der Waals surface area (Å²) in [5.41, 5.74) is -2.09. The highest BCUT2D eigenvalue weighted by atomic mass is 16.6. The molecule has 232 valence electrons. The van der Waals surface area contributed by atoms with Crippen molar-refractivity contribution in [3.63, 3.8) is 0 Å². The quantitative estimate of drug-likeness (QED) is 0.439. The van der Waals surface area contributed by atoms with Gasteiger partial charge in [0.05, 0.1) is 18.6 Å². The molecule has 0 aromatic carbocycles. The van der Waals surface area contributed by atoms with Crippen LogP contribution in [0.2, 0.25) is 0 Å². The van der Waals surface area contributed by atoms with Crippen molar-refractivity contribution in [3.05, 3.63) is 46.6 Å². The van der Waals surface area contributed by atoms with Crippen molar-refractivity contribution >= 4 is 11.9 Å². The summed E-state index contributed by atoms with van der Waals surface area (Å²) >= 11 is 0. The van der Waals surface area contributed by atoms with Gasteiger partial charge in [0.15, 0.2) is 0 Å². The molecular formula is C34H43NO8. The Balaban J connectivity index is 1.48. The van der Waals surface area contributed by atoms with E-state index in [4.69, 9.17) is 18.6 Å². The van der Waals surface area contributed by atoms with E-state index in [-0.39, 0.29) is 53.4 Å². The van der Waals surface area contributed by atoms with Gasteiger partial charge in [0.1, 0.15) is 28.8 Å². The first kappa shape index (κ1) is 29.9. The Morgan fingerprint density at radius 1 is 1.16 bits per heavy atom. The predicted octanol–water partition coefficient (Wildman–Crippen LogP) is 5.63. The first-order valence-corrected chi connectivity index (χ1v) is 15.7. The molecule has 0 saturated heterocycles. The Kier molecular flexibility index (Phi) is 7.47. The van der Waals surface area contributed by atoms with Crippen molar-refractivity contribution in [1.82, 2.24) is 4.98 Å². The van der Waals surface area contributed by atoms with Crippen molar-refractivity contribution in [2.75, 3.05) is 6.61 Å². The number of carbonyl (C=O) groups excluding carboxylic acids is 2. The number of nitrogens with zero attached hydrogens (tertiary/aromatic N) is 1. The molecule has 3 saturated carbocycles. The lowest BCUT2D eigenvalue weighted by atomic mass is 9.41. The zero-order chi connectivity index (χ0) is 30.7. The monoisotopic (exact) mass is 593 g/mol. The molecule has 6 rings (SSSR count). The van der Waals surface area contributed by atoms with E-state index in [2.05, 4.69) is 25.8 Å². The Labute approximate surface area is 252 Å². The van der Waals surface area contributed by atoms with Gasteiger partial charge in [0.25, 0.3) is 0 Å². The van der Waals surface area contributed by atoms with Gasteiger partial charge in [-0.15, -0.1) is 0 Å². The maximum Gasteiger partial charge on any atom is 0.345 e. The number of pyridine rings is 1. The van der Waals surface area contributed by atoms with Gasteiger partial charge in [-0.25, -0.2) is 4.79 Å². The molecule has 0 spiro atoms. The van der Waals surface area contributed by atoms with Crippen LogP contribution in [0.15, 0.2) is 39.8 Å². The summed E-state index contributed by atoms with van der Waals surface area (Å²) < 4.78 is 24.6. The van der Waals surface area contributed by atoms with Gasteiger partial charge in [0.2, 0.25) is 0 Å². The van der Waals surface area contributed by atoms with Gasteiger partial charge >= 0.3 is 17.6 Å². The lowest BCUT2D eigenvalue weighted by molar-refractivity contribution is -0.263. The van der Waals surface area contributed by atoms with E-state index in [1.807, 2.05) is 6.92 Å². The molecule has 3 heterocycles. The highest BCUT2D eigenvalue weighted by Gasteiger charge is 2.70. The van der Waals surface area contributed by atoms with Crippen molar-refractivity contribution in [2.45, 2.75) is 97.4 Å². The highest BCUT2D eigenvalue weighted by molar-refractivity contribution is 5.73. The summed E-state index contributed by atoms with van der Waals surface area (Å²) in [4.78, 5) is 43.2. The number of fused-ring (bicyclic) bond motifs is 4. The minimum Gasteiger partial charge on any atom is -0.482 e. The van der Waals surface area contributed by atoms with Gasteiger partial charge < -0.3 is 23.7 Å². The van der Waals surface area contributed by atoms with Crippen LogP contribution in [0.1, 0.15) is 91.2 Å². The van der Waals surface area contributed by atoms with Gasteiger partial charge in [-0.2, -0.15) is 0 Å². The van der Waals surface area contributed by atoms with Crippen LogP contribution < -0.4 is 10.4 Å². The molecule has 4 aliphatic rings. The van der Waals surface area contributed by atoms with Crippen LogP contribution in [0.4, 0.5) is 0 Å². The fraction of sp³-hybridized carbons (Fsp3) is 0.647. The molecular weight excluding hydrogens is 550 g/mol. The molecule has 0 amide bonds. The SMILES string of the molecule is CC(=O)OC[C@@]1(C)C2C[C@H](OC(=O)C3CCCC3)[C@@]3(C)Oc4cc(-c5cccnc5)oc(=O)c4[C@H](O)C3[C@@]2(C)CC[C@@H]1C. The summed E-state index contributed by atoms with van der Waals surface area (Å²) in [7, 11) is 0. The maximum absolute atomic E-state index is 13.5. The standard InChI is InChI=1S/C34H43NO8/c1-19-12-13-32(3)25(33(19,4)18-40-20(2)36)16-26(42-30(38)21-9-6-7-10-21)34(5)29(32)28(37)27-24(43-34)15-23(41-31(27)39)22-11-8-14-35-17-22/h8,11,14-15,17,19,21,25-26,28-29,37H,6-7,9-10,12-13,16,18H2,1-5H3/t19-,25?,26-,28-,29?,32-,33+,34+/m0/s1. The number of rotatable bonds is 5. The predicted molar refractivity (Wildman–Crippen MR) is 157 cm³/mol. The summed E-state index contributed by atoms with van der Waals surface area (Å²) in [5.74, 6) is -0.692. The zero-order valence-corrected chi connectivity index (χ0v) is 25.8. The Morgan fingerprint density at radius 3 is 2.58 bits per heavy atom. The molecule has 2 aromatic heterocycles. The summed E-state index contributed by atoms with van der Waals surface area (Å²) in [6, 6.07) is 5.17. The van der Waals surface area contributed by atoms with E-state index in [9.17, 15) is 19.5 Å². The second-order valence-electron chi connectivity index (χ2n) is 14.1. The molecule has 8 atom stereocenters. The number of hydrogen-bond acceptors (Lipinski definition) is 9. The van der Waals surface area contributed by atoms with Gasteiger partial charge in [-0.3, -0.25) is 14.6 Å². The summed E-state index contributed by atoms with van der Waals surface area (Å²) in [6.45, 7) is 10.0. The average molecular weight is 594 g/mol. The van der Waals surface area contributed by atoms with Crippen molar-refractivity contribution in [2.24, 2.45) is 34.5 Å². The third-order valence-electron chi connectivity index (χ3n) is 11.6. The molecule has 0 bridgehead atoms. The lowest BCUT2D eigenvalue weighted by Crippen LogP contribution is -2.70. The number of hydrogen-bond donors (Lipinski definition) is 1. The number of esters is 2. The van der Waals surface area contributed by atoms with E-state index < -0.39 is 40.2 Å². The number of carbonyl (C=O) groups is 2. The van der Waals surface area contributed by atoms with Crippen LogP contribution in [-0.4, -0.2) is 40.3 Å². The van der Waals surface area contributed by atoms with E-state index in [0.29, 0.717) is 12.0 Å². The third-order valence-corrected chi connectivity index (χ3v) is 11.6. The molecule has 9 nitrogen and oxygen atoms in total. The number of aliphatic hydroxyl groups excluding tert-OH is 1. The van der Waals surface area contributed by atoms with E-state index >= 15 is 0 Å². The molecule has 43 heavy (non-hydrogen) atoms. The average Bonchev–Trinajstić information content (AvgIpc) is 3.51. The zero-order valence-electron chi connectivity index (χ0n) is 25.8. The van der Waals surface area contributed by atoms with Gasteiger partial charge in [-0.05, 0) is 68.4 Å². The fourth-order valence-corrected chi connectivity index (χ4v) is 9.10. The van der Waals surface area contributed by atoms with Crippen molar-refractivity contribution in [3.8, 4) is 17.1 Å². The van der Waals surface area contributed by atoms with Gasteiger partial charge in [0, 0.05) is 42.3 Å². The molecule has 3 fully saturated rings. The molecule has 2 aromatic rings. The second kappa shape index (κ2) is 10.8. The van der Waals surface area contributed by atoms with E-state index in [1.165, 1.54) is 6.92 Å². The normalized spacial score (nSPS) is 36.9. The van der Waals surface area contributed by atoms with Crippen LogP contribution >= 0.6 is 0 Å². The van der Waals surface area contributed by atoms with Crippen LogP contribution in [0, 0.1) is 34.5 Å². The number of ether oxygens (including phenoxy) is 3. The van der Waals surface area contributed by atoms with E-state index in [1.54, 1.807) is 30.6 Å². The number of aliphatic hydroxyl groups is 1. The Hall–Kier alpha value is -3.20.